The van der Waals surface area contributed by atoms with Crippen LogP contribution >= 0.6 is 0 Å². The highest BCUT2D eigenvalue weighted by Gasteiger charge is 2.39. The largest absolute Gasteiger partial charge is 0.458 e. The first-order chi connectivity index (χ1) is 12.4. The van der Waals surface area contributed by atoms with Gasteiger partial charge in [0.2, 0.25) is 0 Å². The fourth-order valence-corrected chi connectivity index (χ4v) is 2.33. The molecule has 1 aliphatic heterocycles. The first-order valence-corrected chi connectivity index (χ1v) is 7.82. The Bertz CT molecular complexity index is 709. The summed E-state index contributed by atoms with van der Waals surface area (Å²) in [5.74, 6) is -2.60. The molecular formula is C18H18O8. The molecule has 1 aliphatic rings. The van der Waals surface area contributed by atoms with E-state index in [0.29, 0.717) is 5.56 Å². The van der Waals surface area contributed by atoms with E-state index >= 15 is 0 Å². The van der Waals surface area contributed by atoms with Crippen molar-refractivity contribution in [2.24, 2.45) is 0 Å². The zero-order chi connectivity index (χ0) is 19.1. The van der Waals surface area contributed by atoms with E-state index in [1.165, 1.54) is 13.0 Å². The number of cyclic esters (lactones) is 1. The van der Waals surface area contributed by atoms with E-state index in [1.54, 1.807) is 30.3 Å². The average molecular weight is 362 g/mol. The van der Waals surface area contributed by atoms with Crippen LogP contribution in [0.15, 0.2) is 42.5 Å². The average Bonchev–Trinajstić information content (AvgIpc) is 2.60. The second kappa shape index (κ2) is 8.80. The smallest absolute Gasteiger partial charge is 0.338 e. The van der Waals surface area contributed by atoms with Crippen molar-refractivity contribution in [1.29, 1.82) is 0 Å². The van der Waals surface area contributed by atoms with Crippen molar-refractivity contribution in [2.75, 3.05) is 6.61 Å². The second-order valence-corrected chi connectivity index (χ2v) is 5.45. The summed E-state index contributed by atoms with van der Waals surface area (Å²) in [7, 11) is 0. The summed E-state index contributed by atoms with van der Waals surface area (Å²) in [6.45, 7) is 1.97. The first-order valence-electron chi connectivity index (χ1n) is 7.82. The quantitative estimate of drug-likeness (QED) is 0.549. The number of hydrogen-bond acceptors (Lipinski definition) is 8. The van der Waals surface area contributed by atoms with Crippen LogP contribution < -0.4 is 0 Å². The van der Waals surface area contributed by atoms with Crippen molar-refractivity contribution in [2.45, 2.75) is 32.2 Å². The minimum Gasteiger partial charge on any atom is -0.458 e. The number of carbonyl (C=O) groups excluding carboxylic acids is 4. The zero-order valence-electron chi connectivity index (χ0n) is 14.2. The number of benzene rings is 1. The maximum atomic E-state index is 12.1. The van der Waals surface area contributed by atoms with Crippen molar-refractivity contribution >= 4 is 23.9 Å². The van der Waals surface area contributed by atoms with Crippen LogP contribution in [0.1, 0.15) is 24.2 Å². The van der Waals surface area contributed by atoms with Gasteiger partial charge in [-0.25, -0.2) is 9.59 Å². The van der Waals surface area contributed by atoms with Crippen LogP contribution in [0.4, 0.5) is 0 Å². The lowest BCUT2D eigenvalue weighted by molar-refractivity contribution is -0.182. The van der Waals surface area contributed by atoms with Crippen LogP contribution in [0.2, 0.25) is 0 Å². The van der Waals surface area contributed by atoms with Gasteiger partial charge in [0.1, 0.15) is 6.61 Å². The van der Waals surface area contributed by atoms with Crippen molar-refractivity contribution in [3.63, 3.8) is 0 Å². The van der Waals surface area contributed by atoms with Crippen LogP contribution in [-0.4, -0.2) is 48.8 Å². The second-order valence-electron chi connectivity index (χ2n) is 5.45. The summed E-state index contributed by atoms with van der Waals surface area (Å²) in [4.78, 5) is 46.3. The number of hydrogen-bond donors (Lipinski definition) is 0. The number of carbonyl (C=O) groups is 4. The van der Waals surface area contributed by atoms with Gasteiger partial charge in [0, 0.05) is 19.9 Å². The van der Waals surface area contributed by atoms with Gasteiger partial charge in [0.25, 0.3) is 0 Å². The van der Waals surface area contributed by atoms with E-state index < -0.39 is 42.2 Å². The summed E-state index contributed by atoms with van der Waals surface area (Å²) in [6.07, 6.45) is -0.814. The molecule has 138 valence electrons. The molecule has 0 saturated heterocycles. The molecule has 0 saturated carbocycles. The Morgan fingerprint density at radius 3 is 2.42 bits per heavy atom. The fourth-order valence-electron chi connectivity index (χ4n) is 2.33. The first kappa shape index (κ1) is 19.2. The molecule has 8 nitrogen and oxygen atoms in total. The summed E-state index contributed by atoms with van der Waals surface area (Å²) in [5.41, 5.74) is 0.311. The topological polar surface area (TPSA) is 105 Å². The summed E-state index contributed by atoms with van der Waals surface area (Å²) < 4.78 is 20.5. The molecule has 2 rings (SSSR count). The molecular weight excluding hydrogens is 344 g/mol. The van der Waals surface area contributed by atoms with Gasteiger partial charge in [-0.2, -0.15) is 0 Å². The Hall–Kier alpha value is -3.16. The van der Waals surface area contributed by atoms with Crippen molar-refractivity contribution in [3.8, 4) is 0 Å². The highest BCUT2D eigenvalue weighted by Crippen LogP contribution is 2.19. The Balaban J connectivity index is 2.13. The van der Waals surface area contributed by atoms with Crippen molar-refractivity contribution in [1.82, 2.24) is 0 Å². The van der Waals surface area contributed by atoms with Gasteiger partial charge in [0.05, 0.1) is 5.56 Å². The third-order valence-electron chi connectivity index (χ3n) is 3.37. The molecule has 0 radical (unpaired) electrons. The molecule has 26 heavy (non-hydrogen) atoms. The predicted octanol–water partition coefficient (Wildman–Crippen LogP) is 1.19. The third kappa shape index (κ3) is 5.44. The molecule has 0 N–H and O–H groups in total. The van der Waals surface area contributed by atoms with Gasteiger partial charge in [-0.1, -0.05) is 18.2 Å². The fraction of sp³-hybridized carbons (Fsp3) is 0.333. The maximum absolute atomic E-state index is 12.1. The molecule has 0 aromatic heterocycles. The Kier molecular flexibility index (Phi) is 6.48. The monoisotopic (exact) mass is 362 g/mol. The Morgan fingerprint density at radius 2 is 1.81 bits per heavy atom. The molecule has 0 spiro atoms. The highest BCUT2D eigenvalue weighted by atomic mass is 16.6. The maximum Gasteiger partial charge on any atom is 0.338 e. The van der Waals surface area contributed by atoms with E-state index in [9.17, 15) is 19.2 Å². The lowest BCUT2D eigenvalue weighted by Crippen LogP contribution is -2.48. The highest BCUT2D eigenvalue weighted by molar-refractivity contribution is 5.89. The van der Waals surface area contributed by atoms with Crippen molar-refractivity contribution in [3.05, 3.63) is 48.0 Å². The molecule has 0 aliphatic carbocycles. The van der Waals surface area contributed by atoms with Crippen LogP contribution in [0, 0.1) is 0 Å². The normalized spacial score (nSPS) is 19.8. The van der Waals surface area contributed by atoms with Crippen LogP contribution in [-0.2, 0) is 33.3 Å². The molecule has 0 fully saturated rings. The predicted molar refractivity (Wildman–Crippen MR) is 86.9 cm³/mol. The van der Waals surface area contributed by atoms with Crippen LogP contribution in [0.25, 0.3) is 0 Å². The molecule has 1 heterocycles. The zero-order valence-corrected chi connectivity index (χ0v) is 14.2. The Morgan fingerprint density at radius 1 is 1.12 bits per heavy atom. The van der Waals surface area contributed by atoms with Gasteiger partial charge in [0.15, 0.2) is 18.3 Å². The van der Waals surface area contributed by atoms with E-state index in [4.69, 9.17) is 18.9 Å². The molecule has 8 heteroatoms. The van der Waals surface area contributed by atoms with E-state index in [0.717, 1.165) is 13.0 Å². The SMILES string of the molecule is CC(=O)O[C@@H]1C=CC(=O)O[C@H]1[C@@H](COC(=O)c1ccccc1)OC(C)=O. The lowest BCUT2D eigenvalue weighted by atomic mass is 10.1. The van der Waals surface area contributed by atoms with Crippen LogP contribution in [0.3, 0.4) is 0 Å². The molecule has 1 aromatic carbocycles. The van der Waals surface area contributed by atoms with Gasteiger partial charge in [-0.05, 0) is 18.2 Å². The summed E-state index contributed by atoms with van der Waals surface area (Å²) >= 11 is 0. The molecule has 0 bridgehead atoms. The van der Waals surface area contributed by atoms with Crippen LogP contribution in [0.5, 0.6) is 0 Å². The van der Waals surface area contributed by atoms with E-state index in [2.05, 4.69) is 0 Å². The van der Waals surface area contributed by atoms with E-state index in [1.807, 2.05) is 0 Å². The summed E-state index contributed by atoms with van der Waals surface area (Å²) in [6, 6.07) is 8.22. The minimum atomic E-state index is -1.14. The van der Waals surface area contributed by atoms with Gasteiger partial charge >= 0.3 is 23.9 Å². The standard InChI is InChI=1S/C18H18O8/c1-11(19)24-14-8-9-16(21)26-17(14)15(25-12(2)20)10-23-18(22)13-6-4-3-5-7-13/h3-9,14-15,17H,10H2,1-2H3/t14-,15-,17-/m1/s1. The van der Waals surface area contributed by atoms with Gasteiger partial charge < -0.3 is 18.9 Å². The molecule has 1 aromatic rings. The molecule has 0 amide bonds. The molecule has 0 unspecified atom stereocenters. The lowest BCUT2D eigenvalue weighted by Gasteiger charge is -2.32. The van der Waals surface area contributed by atoms with E-state index in [-0.39, 0.29) is 6.61 Å². The van der Waals surface area contributed by atoms with Crippen molar-refractivity contribution < 1.29 is 38.1 Å². The minimum absolute atomic E-state index is 0.311. The Labute approximate surface area is 149 Å². The van der Waals surface area contributed by atoms with Gasteiger partial charge in [-0.15, -0.1) is 0 Å². The molecule has 3 atom stereocenters. The number of esters is 4. The number of rotatable bonds is 6. The number of ether oxygens (including phenoxy) is 4. The van der Waals surface area contributed by atoms with Gasteiger partial charge in [-0.3, -0.25) is 9.59 Å². The third-order valence-corrected chi connectivity index (χ3v) is 3.37. The summed E-state index contributed by atoms with van der Waals surface area (Å²) in [5, 5.41) is 0.